The maximum Gasteiger partial charge on any atom is 0.247 e. The molecule has 1 aromatic heterocycles. The molecule has 6 nitrogen and oxygen atoms in total. The van der Waals surface area contributed by atoms with Gasteiger partial charge in [-0.2, -0.15) is 5.10 Å². The van der Waals surface area contributed by atoms with Gasteiger partial charge in [0.1, 0.15) is 24.8 Å². The smallest absolute Gasteiger partial charge is 0.247 e. The van der Waals surface area contributed by atoms with E-state index in [2.05, 4.69) is 10.1 Å². The van der Waals surface area contributed by atoms with Crippen molar-refractivity contribution >= 4 is 5.91 Å². The molecule has 3 atom stereocenters. The first-order chi connectivity index (χ1) is 11.6. The Balaban J connectivity index is 1.80. The molecule has 0 bridgehead atoms. The van der Waals surface area contributed by atoms with Crippen LogP contribution in [-0.4, -0.2) is 44.8 Å². The van der Waals surface area contributed by atoms with Crippen molar-refractivity contribution in [3.8, 4) is 0 Å². The van der Waals surface area contributed by atoms with Gasteiger partial charge < -0.3 is 9.64 Å². The summed E-state index contributed by atoms with van der Waals surface area (Å²) in [7, 11) is 0. The molecule has 0 aliphatic carbocycles. The maximum absolute atomic E-state index is 13.1. The van der Waals surface area contributed by atoms with E-state index >= 15 is 0 Å². The van der Waals surface area contributed by atoms with E-state index in [1.165, 1.54) is 6.33 Å². The lowest BCUT2D eigenvalue weighted by Gasteiger charge is -2.39. The van der Waals surface area contributed by atoms with E-state index in [1.807, 2.05) is 56.0 Å². The number of rotatable bonds is 4. The van der Waals surface area contributed by atoms with Crippen LogP contribution in [0.3, 0.4) is 0 Å². The molecular weight excluding hydrogens is 304 g/mol. The summed E-state index contributed by atoms with van der Waals surface area (Å²) in [6.45, 7) is 7.23. The van der Waals surface area contributed by atoms with Gasteiger partial charge in [-0.3, -0.25) is 4.79 Å². The van der Waals surface area contributed by atoms with E-state index in [0.29, 0.717) is 13.1 Å². The van der Waals surface area contributed by atoms with Gasteiger partial charge in [-0.25, -0.2) is 9.67 Å². The number of amides is 1. The molecule has 1 aliphatic rings. The van der Waals surface area contributed by atoms with Gasteiger partial charge in [-0.1, -0.05) is 44.2 Å². The van der Waals surface area contributed by atoms with E-state index in [-0.39, 0.29) is 30.1 Å². The molecule has 1 aromatic carbocycles. The molecule has 1 aliphatic heterocycles. The molecule has 3 rings (SSSR count). The van der Waals surface area contributed by atoms with Crippen LogP contribution in [0.25, 0.3) is 0 Å². The minimum absolute atomic E-state index is 0.00327. The number of morpholine rings is 1. The van der Waals surface area contributed by atoms with Crippen molar-refractivity contribution < 1.29 is 9.53 Å². The van der Waals surface area contributed by atoms with Crippen LogP contribution in [0, 0.1) is 5.92 Å². The standard InChI is InChI=1S/C18H24N4O2/c1-13(2)17(22-12-19-11-20-22)18(23)21-9-14(3)24-16(10-21)15-7-5-4-6-8-15/h4-8,11-14,16-17H,9-10H2,1-3H3/t14-,16+,17+/m1/s1. The molecule has 0 N–H and O–H groups in total. The molecule has 1 amide bonds. The van der Waals surface area contributed by atoms with Gasteiger partial charge in [0.25, 0.3) is 0 Å². The van der Waals surface area contributed by atoms with Gasteiger partial charge in [0.15, 0.2) is 0 Å². The normalized spacial score (nSPS) is 22.6. The fourth-order valence-corrected chi connectivity index (χ4v) is 3.24. The lowest BCUT2D eigenvalue weighted by Crippen LogP contribution is -2.49. The summed E-state index contributed by atoms with van der Waals surface area (Å²) in [4.78, 5) is 19.0. The van der Waals surface area contributed by atoms with E-state index in [0.717, 1.165) is 5.56 Å². The third-order valence-corrected chi connectivity index (χ3v) is 4.35. The first-order valence-corrected chi connectivity index (χ1v) is 8.39. The number of hydrogen-bond acceptors (Lipinski definition) is 4. The fraction of sp³-hybridized carbons (Fsp3) is 0.500. The van der Waals surface area contributed by atoms with Crippen LogP contribution in [-0.2, 0) is 9.53 Å². The predicted molar refractivity (Wildman–Crippen MR) is 90.2 cm³/mol. The van der Waals surface area contributed by atoms with E-state index in [1.54, 1.807) is 11.0 Å². The number of benzene rings is 1. The number of nitrogens with zero attached hydrogens (tertiary/aromatic N) is 4. The Morgan fingerprint density at radius 3 is 2.62 bits per heavy atom. The third kappa shape index (κ3) is 3.48. The Labute approximate surface area is 142 Å². The number of ether oxygens (including phenoxy) is 1. The predicted octanol–water partition coefficient (Wildman–Crippen LogP) is 2.46. The Morgan fingerprint density at radius 1 is 1.25 bits per heavy atom. The number of hydrogen-bond donors (Lipinski definition) is 0. The number of aromatic nitrogens is 3. The zero-order chi connectivity index (χ0) is 17.1. The van der Waals surface area contributed by atoms with Crippen LogP contribution >= 0.6 is 0 Å². The van der Waals surface area contributed by atoms with Crippen molar-refractivity contribution in [1.29, 1.82) is 0 Å². The van der Waals surface area contributed by atoms with Gasteiger partial charge >= 0.3 is 0 Å². The van der Waals surface area contributed by atoms with E-state index in [9.17, 15) is 4.79 Å². The molecule has 1 saturated heterocycles. The Hall–Kier alpha value is -2.21. The van der Waals surface area contributed by atoms with Crippen molar-refractivity contribution in [2.45, 2.75) is 39.0 Å². The zero-order valence-corrected chi connectivity index (χ0v) is 14.4. The number of carbonyl (C=O) groups excluding carboxylic acids is 1. The fourth-order valence-electron chi connectivity index (χ4n) is 3.24. The van der Waals surface area contributed by atoms with Crippen LogP contribution in [0.5, 0.6) is 0 Å². The highest BCUT2D eigenvalue weighted by Crippen LogP contribution is 2.28. The molecule has 2 aromatic rings. The zero-order valence-electron chi connectivity index (χ0n) is 14.4. The largest absolute Gasteiger partial charge is 0.367 e. The van der Waals surface area contributed by atoms with Crippen LogP contribution in [0.4, 0.5) is 0 Å². The summed E-state index contributed by atoms with van der Waals surface area (Å²) >= 11 is 0. The minimum Gasteiger partial charge on any atom is -0.367 e. The first kappa shape index (κ1) is 16.6. The first-order valence-electron chi connectivity index (χ1n) is 8.39. The summed E-state index contributed by atoms with van der Waals surface area (Å²) in [6.07, 6.45) is 2.98. The van der Waals surface area contributed by atoms with E-state index < -0.39 is 0 Å². The summed E-state index contributed by atoms with van der Waals surface area (Å²) in [5.74, 6) is 0.208. The second-order valence-electron chi connectivity index (χ2n) is 6.65. The number of carbonyl (C=O) groups is 1. The summed E-state index contributed by atoms with van der Waals surface area (Å²) in [5, 5.41) is 4.18. The van der Waals surface area contributed by atoms with Crippen molar-refractivity contribution in [2.75, 3.05) is 13.1 Å². The molecule has 0 spiro atoms. The molecule has 1 fully saturated rings. The highest BCUT2D eigenvalue weighted by molar-refractivity contribution is 5.80. The second kappa shape index (κ2) is 7.13. The topological polar surface area (TPSA) is 60.2 Å². The van der Waals surface area contributed by atoms with E-state index in [4.69, 9.17) is 4.74 Å². The van der Waals surface area contributed by atoms with Gasteiger partial charge in [-0.15, -0.1) is 0 Å². The van der Waals surface area contributed by atoms with Crippen molar-refractivity contribution in [1.82, 2.24) is 19.7 Å². The second-order valence-corrected chi connectivity index (χ2v) is 6.65. The minimum atomic E-state index is -0.339. The van der Waals surface area contributed by atoms with Crippen LogP contribution < -0.4 is 0 Å². The van der Waals surface area contributed by atoms with Crippen molar-refractivity contribution in [3.63, 3.8) is 0 Å². The Kier molecular flexibility index (Phi) is 4.94. The molecule has 0 radical (unpaired) electrons. The van der Waals surface area contributed by atoms with Crippen molar-refractivity contribution in [3.05, 3.63) is 48.5 Å². The van der Waals surface area contributed by atoms with Gasteiger partial charge in [0.05, 0.1) is 12.6 Å². The van der Waals surface area contributed by atoms with Gasteiger partial charge in [-0.05, 0) is 18.4 Å². The van der Waals surface area contributed by atoms with Crippen LogP contribution in [0.1, 0.15) is 38.5 Å². The molecular formula is C18H24N4O2. The van der Waals surface area contributed by atoms with Crippen LogP contribution in [0.2, 0.25) is 0 Å². The molecule has 0 unspecified atom stereocenters. The van der Waals surface area contributed by atoms with Crippen LogP contribution in [0.15, 0.2) is 43.0 Å². The highest BCUT2D eigenvalue weighted by atomic mass is 16.5. The Morgan fingerprint density at radius 2 is 2.00 bits per heavy atom. The summed E-state index contributed by atoms with van der Waals surface area (Å²) < 4.78 is 7.71. The average molecular weight is 328 g/mol. The lowest BCUT2D eigenvalue weighted by molar-refractivity contribution is -0.150. The lowest BCUT2D eigenvalue weighted by atomic mass is 10.0. The highest BCUT2D eigenvalue weighted by Gasteiger charge is 2.35. The maximum atomic E-state index is 13.1. The average Bonchev–Trinajstić information content (AvgIpc) is 3.09. The molecule has 6 heteroatoms. The molecule has 2 heterocycles. The van der Waals surface area contributed by atoms with Crippen molar-refractivity contribution in [2.24, 2.45) is 5.92 Å². The quantitative estimate of drug-likeness (QED) is 0.865. The van der Waals surface area contributed by atoms with Gasteiger partial charge in [0.2, 0.25) is 5.91 Å². The molecule has 0 saturated carbocycles. The third-order valence-electron chi connectivity index (χ3n) is 4.35. The Bertz CT molecular complexity index is 657. The molecule has 24 heavy (non-hydrogen) atoms. The summed E-state index contributed by atoms with van der Waals surface area (Å²) in [5.41, 5.74) is 1.10. The van der Waals surface area contributed by atoms with Gasteiger partial charge in [0, 0.05) is 6.54 Å². The molecule has 128 valence electrons. The monoisotopic (exact) mass is 328 g/mol. The SMILES string of the molecule is CC(C)[C@@H](C(=O)N1C[C@@H](C)O[C@H](c2ccccc2)C1)n1cncn1. The summed E-state index contributed by atoms with van der Waals surface area (Å²) in [6, 6.07) is 9.73.